The smallest absolute Gasteiger partial charge is 0.256 e. The molecule has 1 aliphatic rings. The average molecular weight is 381 g/mol. The summed E-state index contributed by atoms with van der Waals surface area (Å²) in [6.45, 7) is 6.59. The molecule has 0 saturated carbocycles. The number of amides is 2. The summed E-state index contributed by atoms with van der Waals surface area (Å²) in [5.74, 6) is 0.473. The van der Waals surface area contributed by atoms with Crippen molar-refractivity contribution < 1.29 is 9.59 Å². The Kier molecular flexibility index (Phi) is 6.57. The van der Waals surface area contributed by atoms with Gasteiger partial charge >= 0.3 is 0 Å². The molecule has 0 aliphatic carbocycles. The highest BCUT2D eigenvalue weighted by Crippen LogP contribution is 2.20. The summed E-state index contributed by atoms with van der Waals surface area (Å²) in [4.78, 5) is 38.0. The van der Waals surface area contributed by atoms with Gasteiger partial charge in [-0.05, 0) is 31.0 Å². The molecule has 1 fully saturated rings. The Morgan fingerprint density at radius 1 is 1.07 bits per heavy atom. The summed E-state index contributed by atoms with van der Waals surface area (Å²) in [6, 6.07) is 9.02. The Balaban J connectivity index is 1.71. The number of carbonyl (C=O) groups excluding carboxylic acids is 2. The highest BCUT2D eigenvalue weighted by Gasteiger charge is 2.24. The number of para-hydroxylation sites is 1. The van der Waals surface area contributed by atoms with Crippen LogP contribution >= 0.6 is 0 Å². The van der Waals surface area contributed by atoms with Crippen molar-refractivity contribution in [2.24, 2.45) is 5.92 Å². The molecule has 28 heavy (non-hydrogen) atoms. The molecular weight excluding hydrogens is 354 g/mol. The van der Waals surface area contributed by atoms with Crippen molar-refractivity contribution in [2.45, 2.75) is 26.7 Å². The number of aromatic nitrogens is 2. The Labute approximate surface area is 165 Å². The van der Waals surface area contributed by atoms with E-state index in [4.69, 9.17) is 0 Å². The van der Waals surface area contributed by atoms with E-state index in [2.05, 4.69) is 20.2 Å². The normalized spacial score (nSPS) is 15.6. The van der Waals surface area contributed by atoms with Crippen molar-refractivity contribution in [3.8, 4) is 0 Å². The van der Waals surface area contributed by atoms with E-state index in [9.17, 15) is 9.59 Å². The van der Waals surface area contributed by atoms with E-state index >= 15 is 0 Å². The summed E-state index contributed by atoms with van der Waals surface area (Å²) < 4.78 is 0. The van der Waals surface area contributed by atoms with Crippen LogP contribution in [-0.2, 0) is 4.79 Å². The van der Waals surface area contributed by atoms with Gasteiger partial charge in [-0.25, -0.2) is 9.97 Å². The van der Waals surface area contributed by atoms with Crippen LogP contribution in [0.5, 0.6) is 0 Å². The van der Waals surface area contributed by atoms with Gasteiger partial charge in [-0.2, -0.15) is 0 Å². The predicted octanol–water partition coefficient (Wildman–Crippen LogP) is 2.81. The van der Waals surface area contributed by atoms with Crippen molar-refractivity contribution in [1.29, 1.82) is 0 Å². The predicted molar refractivity (Wildman–Crippen MR) is 109 cm³/mol. The number of carbonyl (C=O) groups is 2. The molecule has 0 spiro atoms. The highest BCUT2D eigenvalue weighted by atomic mass is 16.2. The molecule has 7 nitrogen and oxygen atoms in total. The first-order valence-electron chi connectivity index (χ1n) is 9.81. The van der Waals surface area contributed by atoms with Crippen molar-refractivity contribution in [3.05, 3.63) is 48.3 Å². The van der Waals surface area contributed by atoms with E-state index < -0.39 is 0 Å². The summed E-state index contributed by atoms with van der Waals surface area (Å²) in [5, 5.41) is 2.91. The number of anilines is 2. The molecule has 2 amide bonds. The molecule has 1 atom stereocenters. The molecule has 1 aromatic heterocycles. The van der Waals surface area contributed by atoms with Crippen LogP contribution in [0.1, 0.15) is 37.0 Å². The number of benzene rings is 1. The summed E-state index contributed by atoms with van der Waals surface area (Å²) in [6.07, 6.45) is 5.05. The second kappa shape index (κ2) is 9.30. The second-order valence-electron chi connectivity index (χ2n) is 7.03. The van der Waals surface area contributed by atoms with Crippen LogP contribution in [0, 0.1) is 5.92 Å². The van der Waals surface area contributed by atoms with Gasteiger partial charge < -0.3 is 15.1 Å². The third-order valence-corrected chi connectivity index (χ3v) is 5.09. The minimum Gasteiger partial charge on any atom is -0.339 e. The van der Waals surface area contributed by atoms with Crippen molar-refractivity contribution >= 4 is 23.5 Å². The molecule has 1 aromatic carbocycles. The van der Waals surface area contributed by atoms with E-state index in [-0.39, 0.29) is 17.7 Å². The van der Waals surface area contributed by atoms with E-state index in [1.165, 1.54) is 0 Å². The standard InChI is InChI=1S/C21H27N5O2/c1-3-16(2)19(27)24-18-9-5-4-8-17(18)20(28)25-12-7-13-26(15-14-25)21-22-10-6-11-23-21/h4-6,8-11,16H,3,7,12-15H2,1-2H3,(H,24,27). The Morgan fingerprint density at radius 3 is 2.57 bits per heavy atom. The third-order valence-electron chi connectivity index (χ3n) is 5.09. The minimum atomic E-state index is -0.0965. The fourth-order valence-electron chi connectivity index (χ4n) is 3.17. The van der Waals surface area contributed by atoms with Gasteiger partial charge in [0.15, 0.2) is 0 Å². The lowest BCUT2D eigenvalue weighted by atomic mass is 10.1. The zero-order valence-corrected chi connectivity index (χ0v) is 16.5. The Morgan fingerprint density at radius 2 is 1.82 bits per heavy atom. The van der Waals surface area contributed by atoms with Crippen molar-refractivity contribution in [2.75, 3.05) is 36.4 Å². The lowest BCUT2D eigenvalue weighted by molar-refractivity contribution is -0.119. The quantitative estimate of drug-likeness (QED) is 0.862. The summed E-state index contributed by atoms with van der Waals surface area (Å²) in [7, 11) is 0. The Bertz CT molecular complexity index is 811. The van der Waals surface area contributed by atoms with Crippen LogP contribution < -0.4 is 10.2 Å². The third kappa shape index (κ3) is 4.65. The molecule has 1 unspecified atom stereocenters. The van der Waals surface area contributed by atoms with Crippen LogP contribution in [-0.4, -0.2) is 52.9 Å². The molecular formula is C21H27N5O2. The zero-order valence-electron chi connectivity index (χ0n) is 16.5. The fourth-order valence-corrected chi connectivity index (χ4v) is 3.17. The van der Waals surface area contributed by atoms with Crippen LogP contribution in [0.4, 0.5) is 11.6 Å². The van der Waals surface area contributed by atoms with Crippen LogP contribution in [0.3, 0.4) is 0 Å². The second-order valence-corrected chi connectivity index (χ2v) is 7.03. The van der Waals surface area contributed by atoms with Gasteiger partial charge in [0.05, 0.1) is 11.3 Å². The van der Waals surface area contributed by atoms with Crippen LogP contribution in [0.2, 0.25) is 0 Å². The molecule has 1 N–H and O–H groups in total. The molecule has 1 aliphatic heterocycles. The van der Waals surface area contributed by atoms with Crippen LogP contribution in [0.25, 0.3) is 0 Å². The van der Waals surface area contributed by atoms with E-state index in [1.807, 2.05) is 30.9 Å². The number of nitrogens with zero attached hydrogens (tertiary/aromatic N) is 4. The minimum absolute atomic E-state index is 0.0594. The maximum atomic E-state index is 13.2. The topological polar surface area (TPSA) is 78.4 Å². The first-order valence-corrected chi connectivity index (χ1v) is 9.81. The first-order chi connectivity index (χ1) is 13.6. The fraction of sp³-hybridized carbons (Fsp3) is 0.429. The number of hydrogen-bond donors (Lipinski definition) is 1. The van der Waals surface area contributed by atoms with Gasteiger partial charge in [0.2, 0.25) is 11.9 Å². The molecule has 1 saturated heterocycles. The van der Waals surface area contributed by atoms with Gasteiger partial charge in [0, 0.05) is 44.5 Å². The monoisotopic (exact) mass is 381 g/mol. The molecule has 2 aromatic rings. The maximum Gasteiger partial charge on any atom is 0.256 e. The molecule has 148 valence electrons. The molecule has 0 bridgehead atoms. The largest absolute Gasteiger partial charge is 0.339 e. The highest BCUT2D eigenvalue weighted by molar-refractivity contribution is 6.04. The first kappa shape index (κ1) is 19.8. The van der Waals surface area contributed by atoms with E-state index in [0.29, 0.717) is 36.8 Å². The van der Waals surface area contributed by atoms with Crippen molar-refractivity contribution in [1.82, 2.24) is 14.9 Å². The summed E-state index contributed by atoms with van der Waals surface area (Å²) in [5.41, 5.74) is 1.11. The molecule has 7 heteroatoms. The van der Waals surface area contributed by atoms with Gasteiger partial charge in [-0.3, -0.25) is 9.59 Å². The summed E-state index contributed by atoms with van der Waals surface area (Å²) >= 11 is 0. The Hall–Kier alpha value is -2.96. The van der Waals surface area contributed by atoms with Crippen molar-refractivity contribution in [3.63, 3.8) is 0 Å². The van der Waals surface area contributed by atoms with Gasteiger partial charge in [0.1, 0.15) is 0 Å². The lowest BCUT2D eigenvalue weighted by Crippen LogP contribution is -2.36. The molecule has 3 rings (SSSR count). The van der Waals surface area contributed by atoms with E-state index in [0.717, 1.165) is 19.4 Å². The number of rotatable bonds is 5. The number of hydrogen-bond acceptors (Lipinski definition) is 5. The number of nitrogens with one attached hydrogen (secondary N) is 1. The lowest BCUT2D eigenvalue weighted by Gasteiger charge is -2.23. The van der Waals surface area contributed by atoms with Gasteiger partial charge in [-0.15, -0.1) is 0 Å². The van der Waals surface area contributed by atoms with E-state index in [1.54, 1.807) is 30.6 Å². The van der Waals surface area contributed by atoms with Gasteiger partial charge in [0.25, 0.3) is 5.91 Å². The zero-order chi connectivity index (χ0) is 19.9. The molecule has 0 radical (unpaired) electrons. The van der Waals surface area contributed by atoms with Gasteiger partial charge in [-0.1, -0.05) is 26.0 Å². The average Bonchev–Trinajstić information content (AvgIpc) is 3.00. The maximum absolute atomic E-state index is 13.2. The van der Waals surface area contributed by atoms with Crippen LogP contribution in [0.15, 0.2) is 42.7 Å². The molecule has 2 heterocycles. The SMILES string of the molecule is CCC(C)C(=O)Nc1ccccc1C(=O)N1CCCN(c2ncccn2)CC1.